The molecule has 0 saturated heterocycles. The van der Waals surface area contributed by atoms with Gasteiger partial charge in [-0.15, -0.1) is 0 Å². The first-order valence-corrected chi connectivity index (χ1v) is 10.4. The molecule has 4 aromatic carbocycles. The monoisotopic (exact) mass is 432 g/mol. The maximum atomic E-state index is 10.0. The number of phenols is 2. The first kappa shape index (κ1) is 19.0. The van der Waals surface area contributed by atoms with Gasteiger partial charge >= 0.3 is 0 Å². The van der Waals surface area contributed by atoms with Gasteiger partial charge in [-0.25, -0.2) is 0 Å². The van der Waals surface area contributed by atoms with Crippen molar-refractivity contribution in [3.05, 3.63) is 117 Å². The molecule has 30 heavy (non-hydrogen) atoms. The van der Waals surface area contributed by atoms with Gasteiger partial charge in [0.25, 0.3) is 0 Å². The molecule has 5 rings (SSSR count). The Bertz CT molecular complexity index is 1230. The first-order valence-electron chi connectivity index (χ1n) is 9.66. The highest BCUT2D eigenvalue weighted by atomic mass is 35.5. The summed E-state index contributed by atoms with van der Waals surface area (Å²) in [5, 5.41) is 20.6. The molecule has 2 N–H and O–H groups in total. The van der Waals surface area contributed by atoms with Crippen LogP contribution in [-0.4, -0.2) is 10.2 Å². The molecule has 0 radical (unpaired) electrons. The first-order chi connectivity index (χ1) is 14.5. The third-order valence-electron chi connectivity index (χ3n) is 5.99. The van der Waals surface area contributed by atoms with E-state index < -0.39 is 5.41 Å². The molecule has 0 amide bonds. The van der Waals surface area contributed by atoms with Gasteiger partial charge in [0, 0.05) is 0 Å². The summed E-state index contributed by atoms with van der Waals surface area (Å²) in [7, 11) is 0. The van der Waals surface area contributed by atoms with Crippen molar-refractivity contribution >= 4 is 23.2 Å². The summed E-state index contributed by atoms with van der Waals surface area (Å²) in [6, 6.07) is 27.5. The predicted octanol–water partition coefficient (Wildman–Crippen LogP) is 6.96. The zero-order chi connectivity index (χ0) is 20.9. The van der Waals surface area contributed by atoms with Crippen molar-refractivity contribution in [3.8, 4) is 22.6 Å². The van der Waals surface area contributed by atoms with Crippen LogP contribution in [0, 0.1) is 0 Å². The number of halogens is 2. The van der Waals surface area contributed by atoms with Crippen molar-refractivity contribution in [1.82, 2.24) is 0 Å². The van der Waals surface area contributed by atoms with E-state index in [2.05, 4.69) is 24.3 Å². The molecule has 148 valence electrons. The average Bonchev–Trinajstić information content (AvgIpc) is 3.04. The Labute approximate surface area is 185 Å². The Morgan fingerprint density at radius 1 is 0.633 bits per heavy atom. The lowest BCUT2D eigenvalue weighted by atomic mass is 9.68. The summed E-state index contributed by atoms with van der Waals surface area (Å²) in [6.07, 6.45) is 0.627. The molecule has 4 aromatic rings. The molecule has 0 aromatic heterocycles. The number of fused-ring (bicyclic) bond motifs is 3. The highest BCUT2D eigenvalue weighted by Gasteiger charge is 2.44. The van der Waals surface area contributed by atoms with Crippen LogP contribution in [0.1, 0.15) is 22.3 Å². The molecular weight excluding hydrogens is 415 g/mol. The molecule has 1 aliphatic carbocycles. The molecule has 0 heterocycles. The second kappa shape index (κ2) is 7.09. The summed E-state index contributed by atoms with van der Waals surface area (Å²) < 4.78 is 0. The van der Waals surface area contributed by atoms with E-state index in [1.165, 1.54) is 22.3 Å². The number of hydrogen-bond acceptors (Lipinski definition) is 2. The number of phenolic OH excluding ortho intramolecular Hbond substituents is 2. The number of rotatable bonds is 3. The third-order valence-corrected chi connectivity index (χ3v) is 6.59. The van der Waals surface area contributed by atoms with Crippen LogP contribution in [0.2, 0.25) is 10.0 Å². The molecule has 0 atom stereocenters. The number of aromatic hydroxyl groups is 2. The molecule has 0 saturated carbocycles. The molecule has 0 unspecified atom stereocenters. The summed E-state index contributed by atoms with van der Waals surface area (Å²) >= 11 is 12.6. The van der Waals surface area contributed by atoms with Crippen LogP contribution >= 0.6 is 23.2 Å². The minimum Gasteiger partial charge on any atom is -0.506 e. The fourth-order valence-corrected chi connectivity index (χ4v) is 5.05. The van der Waals surface area contributed by atoms with Gasteiger partial charge in [0.05, 0.1) is 15.5 Å². The van der Waals surface area contributed by atoms with Crippen LogP contribution in [0.25, 0.3) is 11.1 Å². The van der Waals surface area contributed by atoms with Gasteiger partial charge in [-0.2, -0.15) is 0 Å². The second-order valence-electron chi connectivity index (χ2n) is 7.63. The second-order valence-corrected chi connectivity index (χ2v) is 8.44. The molecular formula is C26H18Cl2O2. The molecule has 0 aliphatic heterocycles. The van der Waals surface area contributed by atoms with Crippen molar-refractivity contribution < 1.29 is 10.2 Å². The van der Waals surface area contributed by atoms with E-state index in [0.717, 1.165) is 11.1 Å². The van der Waals surface area contributed by atoms with Crippen LogP contribution in [0.5, 0.6) is 11.5 Å². The SMILES string of the molecule is Oc1ccc(CC2(c3ccc(O)c(Cl)c3)c3ccccc3-c3ccccc32)cc1Cl. The van der Waals surface area contributed by atoms with Gasteiger partial charge in [0.1, 0.15) is 11.5 Å². The van der Waals surface area contributed by atoms with E-state index in [9.17, 15) is 10.2 Å². The Morgan fingerprint density at radius 2 is 1.17 bits per heavy atom. The van der Waals surface area contributed by atoms with Gasteiger partial charge in [0.2, 0.25) is 0 Å². The van der Waals surface area contributed by atoms with Crippen LogP contribution in [0.15, 0.2) is 84.9 Å². The largest absolute Gasteiger partial charge is 0.506 e. The molecule has 0 spiro atoms. The lowest BCUT2D eigenvalue weighted by Gasteiger charge is -2.33. The van der Waals surface area contributed by atoms with Crippen molar-refractivity contribution in [2.45, 2.75) is 11.8 Å². The minimum atomic E-state index is -0.509. The molecule has 0 bridgehead atoms. The minimum absolute atomic E-state index is 0.0582. The Balaban J connectivity index is 1.83. The fraction of sp³-hybridized carbons (Fsp3) is 0.0769. The Hall–Kier alpha value is -2.94. The quantitative estimate of drug-likeness (QED) is 0.367. The fourth-order valence-electron chi connectivity index (χ4n) is 4.67. The van der Waals surface area contributed by atoms with E-state index in [0.29, 0.717) is 16.5 Å². The van der Waals surface area contributed by atoms with Gasteiger partial charge < -0.3 is 10.2 Å². The Morgan fingerprint density at radius 3 is 1.73 bits per heavy atom. The van der Waals surface area contributed by atoms with E-state index >= 15 is 0 Å². The van der Waals surface area contributed by atoms with Crippen molar-refractivity contribution in [3.63, 3.8) is 0 Å². The van der Waals surface area contributed by atoms with Gasteiger partial charge in [-0.3, -0.25) is 0 Å². The van der Waals surface area contributed by atoms with Crippen LogP contribution in [0.4, 0.5) is 0 Å². The lowest BCUT2D eigenvalue weighted by Crippen LogP contribution is -2.29. The zero-order valence-corrected chi connectivity index (χ0v) is 17.5. The van der Waals surface area contributed by atoms with Crippen LogP contribution < -0.4 is 0 Å². The average molecular weight is 433 g/mol. The van der Waals surface area contributed by atoms with E-state index in [1.807, 2.05) is 48.5 Å². The number of hydrogen-bond donors (Lipinski definition) is 2. The highest BCUT2D eigenvalue weighted by molar-refractivity contribution is 6.32. The summed E-state index contributed by atoms with van der Waals surface area (Å²) in [6.45, 7) is 0. The van der Waals surface area contributed by atoms with E-state index in [-0.39, 0.29) is 11.5 Å². The highest BCUT2D eigenvalue weighted by Crippen LogP contribution is 2.54. The topological polar surface area (TPSA) is 40.5 Å². The molecule has 1 aliphatic rings. The number of benzene rings is 4. The maximum Gasteiger partial charge on any atom is 0.134 e. The summed E-state index contributed by atoms with van der Waals surface area (Å²) in [4.78, 5) is 0. The summed E-state index contributed by atoms with van der Waals surface area (Å²) in [5.41, 5.74) is 6.20. The predicted molar refractivity (Wildman–Crippen MR) is 122 cm³/mol. The van der Waals surface area contributed by atoms with Crippen molar-refractivity contribution in [2.24, 2.45) is 0 Å². The van der Waals surface area contributed by atoms with Gasteiger partial charge in [-0.05, 0) is 64.1 Å². The van der Waals surface area contributed by atoms with Crippen molar-refractivity contribution in [1.29, 1.82) is 0 Å². The lowest BCUT2D eigenvalue weighted by molar-refractivity contribution is 0.473. The van der Waals surface area contributed by atoms with Gasteiger partial charge in [0.15, 0.2) is 0 Å². The van der Waals surface area contributed by atoms with E-state index in [4.69, 9.17) is 23.2 Å². The Kier molecular flexibility index (Phi) is 4.50. The summed E-state index contributed by atoms with van der Waals surface area (Å²) in [5.74, 6) is 0.122. The maximum absolute atomic E-state index is 10.0. The normalized spacial score (nSPS) is 13.7. The molecule has 0 fully saturated rings. The molecule has 4 heteroatoms. The smallest absolute Gasteiger partial charge is 0.134 e. The van der Waals surface area contributed by atoms with Gasteiger partial charge in [-0.1, -0.05) is 83.9 Å². The molecule has 2 nitrogen and oxygen atoms in total. The van der Waals surface area contributed by atoms with Crippen LogP contribution in [0.3, 0.4) is 0 Å². The van der Waals surface area contributed by atoms with Crippen LogP contribution in [-0.2, 0) is 11.8 Å². The van der Waals surface area contributed by atoms with Crippen molar-refractivity contribution in [2.75, 3.05) is 0 Å². The zero-order valence-electron chi connectivity index (χ0n) is 15.9. The third kappa shape index (κ3) is 2.79. The van der Waals surface area contributed by atoms with E-state index in [1.54, 1.807) is 12.1 Å². The standard InChI is InChI=1S/C26H18Cl2O2/c27-22-13-16(9-11-24(22)29)15-26(17-10-12-25(30)23(28)14-17)20-7-3-1-5-18(20)19-6-2-4-8-21(19)26/h1-14,29-30H,15H2.